The molecule has 0 fully saturated rings. The lowest BCUT2D eigenvalue weighted by Gasteiger charge is -2.14. The SMILES string of the molecule is Cc1csc(NC(=O)CSc2ncc(-c3ccccc3)n2-c2ccc(OC(F)(F)F)cc2)n1. The Labute approximate surface area is 195 Å². The number of aromatic nitrogens is 3. The minimum Gasteiger partial charge on any atom is -0.406 e. The van der Waals surface area contributed by atoms with Crippen LogP contribution in [0.2, 0.25) is 0 Å². The van der Waals surface area contributed by atoms with Gasteiger partial charge in [-0.3, -0.25) is 9.36 Å². The molecule has 33 heavy (non-hydrogen) atoms. The molecule has 6 nitrogen and oxygen atoms in total. The quantitative estimate of drug-likeness (QED) is 0.325. The fourth-order valence-electron chi connectivity index (χ4n) is 2.99. The van der Waals surface area contributed by atoms with Crippen LogP contribution in [0.25, 0.3) is 16.9 Å². The fourth-order valence-corrected chi connectivity index (χ4v) is 4.49. The maximum atomic E-state index is 12.5. The normalized spacial score (nSPS) is 11.4. The highest BCUT2D eigenvalue weighted by Gasteiger charge is 2.31. The summed E-state index contributed by atoms with van der Waals surface area (Å²) >= 11 is 2.55. The summed E-state index contributed by atoms with van der Waals surface area (Å²) in [5.74, 6) is -0.474. The Balaban J connectivity index is 1.60. The molecule has 2 aromatic carbocycles. The van der Waals surface area contributed by atoms with E-state index >= 15 is 0 Å². The molecule has 0 aliphatic heterocycles. The molecule has 170 valence electrons. The number of aryl methyl sites for hydroxylation is 1. The second-order valence-electron chi connectivity index (χ2n) is 6.80. The summed E-state index contributed by atoms with van der Waals surface area (Å²) in [4.78, 5) is 21.0. The number of imidazole rings is 1. The molecule has 0 aliphatic carbocycles. The molecule has 0 unspecified atom stereocenters. The van der Waals surface area contributed by atoms with E-state index in [1.807, 2.05) is 42.6 Å². The van der Waals surface area contributed by atoms with Crippen molar-refractivity contribution in [1.82, 2.24) is 14.5 Å². The van der Waals surface area contributed by atoms with Crippen molar-refractivity contribution in [3.05, 3.63) is 71.9 Å². The Bertz CT molecular complexity index is 1240. The van der Waals surface area contributed by atoms with Gasteiger partial charge in [-0.25, -0.2) is 9.97 Å². The number of benzene rings is 2. The zero-order valence-corrected chi connectivity index (χ0v) is 18.8. The van der Waals surface area contributed by atoms with Crippen molar-refractivity contribution in [3.8, 4) is 22.7 Å². The van der Waals surface area contributed by atoms with Crippen LogP contribution in [-0.4, -0.2) is 32.6 Å². The van der Waals surface area contributed by atoms with Gasteiger partial charge >= 0.3 is 6.36 Å². The molecule has 0 spiro atoms. The van der Waals surface area contributed by atoms with E-state index in [0.717, 1.165) is 17.0 Å². The van der Waals surface area contributed by atoms with Gasteiger partial charge in [0.1, 0.15) is 5.75 Å². The van der Waals surface area contributed by atoms with Gasteiger partial charge in [-0.2, -0.15) is 0 Å². The van der Waals surface area contributed by atoms with E-state index in [-0.39, 0.29) is 17.4 Å². The van der Waals surface area contributed by atoms with Gasteiger partial charge in [0, 0.05) is 16.6 Å². The Morgan fingerprint density at radius 1 is 1.15 bits per heavy atom. The van der Waals surface area contributed by atoms with Gasteiger partial charge in [0.2, 0.25) is 5.91 Å². The van der Waals surface area contributed by atoms with E-state index in [1.54, 1.807) is 10.8 Å². The van der Waals surface area contributed by atoms with Crippen molar-refractivity contribution in [2.45, 2.75) is 18.4 Å². The lowest BCUT2D eigenvalue weighted by Crippen LogP contribution is -2.17. The Hall–Kier alpha value is -3.31. The van der Waals surface area contributed by atoms with Gasteiger partial charge in [-0.05, 0) is 31.2 Å². The molecule has 0 bridgehead atoms. The number of nitrogens with one attached hydrogen (secondary N) is 1. The number of amides is 1. The fraction of sp³-hybridized carbons (Fsp3) is 0.136. The standard InChI is InChI=1S/C22H17F3N4O2S2/c1-14-12-32-20(27-14)28-19(30)13-33-21-26-11-18(15-5-3-2-4-6-15)29(21)16-7-9-17(10-8-16)31-22(23,24)25/h2-12H,13H2,1H3,(H,27,28,30). The molecule has 4 rings (SSSR count). The summed E-state index contributed by atoms with van der Waals surface area (Å²) < 4.78 is 43.3. The van der Waals surface area contributed by atoms with E-state index in [2.05, 4.69) is 20.0 Å². The highest BCUT2D eigenvalue weighted by molar-refractivity contribution is 7.99. The smallest absolute Gasteiger partial charge is 0.406 e. The van der Waals surface area contributed by atoms with E-state index in [9.17, 15) is 18.0 Å². The number of hydrogen-bond acceptors (Lipinski definition) is 6. The molecule has 0 saturated heterocycles. The number of anilines is 1. The first-order valence-corrected chi connectivity index (χ1v) is 11.5. The molecule has 4 aromatic rings. The van der Waals surface area contributed by atoms with E-state index in [1.165, 1.54) is 47.4 Å². The lowest BCUT2D eigenvalue weighted by atomic mass is 10.1. The maximum Gasteiger partial charge on any atom is 0.573 e. The number of rotatable bonds is 7. The van der Waals surface area contributed by atoms with Gasteiger partial charge < -0.3 is 10.1 Å². The van der Waals surface area contributed by atoms with Gasteiger partial charge in [-0.15, -0.1) is 24.5 Å². The maximum absolute atomic E-state index is 12.5. The molecule has 0 atom stereocenters. The number of ether oxygens (including phenoxy) is 1. The van der Waals surface area contributed by atoms with Crippen molar-refractivity contribution in [3.63, 3.8) is 0 Å². The molecular formula is C22H17F3N4O2S2. The zero-order valence-electron chi connectivity index (χ0n) is 17.2. The highest BCUT2D eigenvalue weighted by Crippen LogP contribution is 2.31. The molecule has 0 saturated carbocycles. The van der Waals surface area contributed by atoms with E-state index in [4.69, 9.17) is 0 Å². The first kappa shape index (κ1) is 22.9. The predicted octanol–water partition coefficient (Wildman–Crippen LogP) is 5.93. The van der Waals surface area contributed by atoms with Crippen molar-refractivity contribution in [2.75, 3.05) is 11.1 Å². The van der Waals surface area contributed by atoms with E-state index in [0.29, 0.717) is 16.0 Å². The number of thiazole rings is 1. The average Bonchev–Trinajstić information content (AvgIpc) is 3.38. The molecular weight excluding hydrogens is 473 g/mol. The van der Waals surface area contributed by atoms with Crippen LogP contribution in [0.4, 0.5) is 18.3 Å². The molecule has 1 amide bonds. The molecule has 2 heterocycles. The van der Waals surface area contributed by atoms with Gasteiger partial charge in [0.25, 0.3) is 0 Å². The van der Waals surface area contributed by atoms with Crippen LogP contribution >= 0.6 is 23.1 Å². The van der Waals surface area contributed by atoms with Crippen LogP contribution in [0, 0.1) is 6.92 Å². The first-order chi connectivity index (χ1) is 15.8. The van der Waals surface area contributed by atoms with Crippen LogP contribution in [0.1, 0.15) is 5.69 Å². The molecule has 0 radical (unpaired) electrons. The number of alkyl halides is 3. The summed E-state index contributed by atoms with van der Waals surface area (Å²) in [7, 11) is 0. The third kappa shape index (κ3) is 5.93. The molecule has 2 aromatic heterocycles. The lowest BCUT2D eigenvalue weighted by molar-refractivity contribution is -0.274. The number of carbonyl (C=O) groups is 1. The Morgan fingerprint density at radius 2 is 1.88 bits per heavy atom. The molecule has 0 aliphatic rings. The summed E-state index contributed by atoms with van der Waals surface area (Å²) in [6.07, 6.45) is -3.10. The number of carbonyl (C=O) groups excluding carboxylic acids is 1. The largest absolute Gasteiger partial charge is 0.573 e. The summed E-state index contributed by atoms with van der Waals surface area (Å²) in [6.45, 7) is 1.84. The molecule has 1 N–H and O–H groups in total. The topological polar surface area (TPSA) is 69.0 Å². The second kappa shape index (κ2) is 9.67. The predicted molar refractivity (Wildman–Crippen MR) is 122 cm³/mol. The van der Waals surface area contributed by atoms with Crippen molar-refractivity contribution >= 4 is 34.1 Å². The van der Waals surface area contributed by atoms with E-state index < -0.39 is 6.36 Å². The van der Waals surface area contributed by atoms with Crippen LogP contribution in [0.3, 0.4) is 0 Å². The van der Waals surface area contributed by atoms with Crippen LogP contribution in [0.15, 0.2) is 71.3 Å². The number of hydrogen-bond donors (Lipinski definition) is 1. The third-order valence-electron chi connectivity index (χ3n) is 4.33. The highest BCUT2D eigenvalue weighted by atomic mass is 32.2. The van der Waals surface area contributed by atoms with Crippen LogP contribution in [0.5, 0.6) is 5.75 Å². The van der Waals surface area contributed by atoms with Crippen molar-refractivity contribution in [1.29, 1.82) is 0 Å². The zero-order chi connectivity index (χ0) is 23.4. The average molecular weight is 491 g/mol. The van der Waals surface area contributed by atoms with Crippen LogP contribution < -0.4 is 10.1 Å². The van der Waals surface area contributed by atoms with Gasteiger partial charge in [0.05, 0.1) is 23.3 Å². The number of halogens is 3. The van der Waals surface area contributed by atoms with Crippen LogP contribution in [-0.2, 0) is 4.79 Å². The first-order valence-electron chi connectivity index (χ1n) is 9.62. The Morgan fingerprint density at radius 3 is 2.52 bits per heavy atom. The molecule has 11 heteroatoms. The summed E-state index contributed by atoms with van der Waals surface area (Å²) in [5, 5.41) is 5.63. The van der Waals surface area contributed by atoms with Crippen molar-refractivity contribution in [2.24, 2.45) is 0 Å². The van der Waals surface area contributed by atoms with Gasteiger partial charge in [0.15, 0.2) is 10.3 Å². The van der Waals surface area contributed by atoms with Gasteiger partial charge in [-0.1, -0.05) is 42.1 Å². The Kier molecular flexibility index (Phi) is 6.70. The third-order valence-corrected chi connectivity index (χ3v) is 6.15. The summed E-state index contributed by atoms with van der Waals surface area (Å²) in [5.41, 5.74) is 3.01. The number of nitrogens with zero attached hydrogens (tertiary/aromatic N) is 3. The summed E-state index contributed by atoms with van der Waals surface area (Å²) in [6, 6.07) is 14.9. The minimum atomic E-state index is -4.77. The second-order valence-corrected chi connectivity index (χ2v) is 8.60. The minimum absolute atomic E-state index is 0.0825. The van der Waals surface area contributed by atoms with Crippen molar-refractivity contribution < 1.29 is 22.7 Å². The monoisotopic (exact) mass is 490 g/mol. The number of thioether (sulfide) groups is 1.